The molecule has 8 heteroatoms. The highest BCUT2D eigenvalue weighted by Crippen LogP contribution is 2.09. The van der Waals surface area contributed by atoms with E-state index in [0.29, 0.717) is 18.7 Å². The number of amidine groups is 1. The number of rotatable bonds is 7. The Hall–Kier alpha value is -1.41. The van der Waals surface area contributed by atoms with Crippen LogP contribution in [0.2, 0.25) is 0 Å². The van der Waals surface area contributed by atoms with Gasteiger partial charge in [0.05, 0.1) is 12.0 Å². The lowest BCUT2D eigenvalue weighted by molar-refractivity contribution is 0.542. The standard InChI is InChI=1S/C10H19N5O2S/c1-3-7(5-8(11)12)15-18(16,17)10-6-13-9(4-2)14-10/h6-7,15H,3-5H2,1-2H3,(H3,11,12)(H,13,14). The molecule has 7 nitrogen and oxygen atoms in total. The Kier molecular flexibility index (Phi) is 4.85. The first kappa shape index (κ1) is 14.7. The second kappa shape index (κ2) is 5.96. The molecule has 0 aliphatic carbocycles. The summed E-state index contributed by atoms with van der Waals surface area (Å²) in [5, 5.41) is 7.24. The van der Waals surface area contributed by atoms with Gasteiger partial charge in [-0.2, -0.15) is 0 Å². The molecule has 1 rings (SSSR count). The van der Waals surface area contributed by atoms with Gasteiger partial charge in [0.15, 0.2) is 5.03 Å². The first-order valence-electron chi connectivity index (χ1n) is 5.78. The second-order valence-corrected chi connectivity index (χ2v) is 5.69. The molecule has 1 atom stereocenters. The van der Waals surface area contributed by atoms with Crippen LogP contribution in [0.5, 0.6) is 0 Å². The van der Waals surface area contributed by atoms with E-state index in [4.69, 9.17) is 11.1 Å². The molecule has 1 unspecified atom stereocenters. The van der Waals surface area contributed by atoms with Crippen molar-refractivity contribution in [2.24, 2.45) is 5.73 Å². The average molecular weight is 273 g/mol. The van der Waals surface area contributed by atoms with E-state index in [0.717, 1.165) is 0 Å². The molecule has 102 valence electrons. The summed E-state index contributed by atoms with van der Waals surface area (Å²) in [5.41, 5.74) is 5.28. The van der Waals surface area contributed by atoms with Crippen molar-refractivity contribution in [2.45, 2.75) is 44.2 Å². The number of nitrogens with zero attached hydrogens (tertiary/aromatic N) is 1. The van der Waals surface area contributed by atoms with E-state index in [2.05, 4.69) is 14.7 Å². The Labute approximate surface area is 107 Å². The monoisotopic (exact) mass is 273 g/mol. The summed E-state index contributed by atoms with van der Waals surface area (Å²) in [6.07, 6.45) is 2.69. The minimum absolute atomic E-state index is 0.0385. The second-order valence-electron chi connectivity index (χ2n) is 4.00. The molecule has 1 aromatic rings. The molecular weight excluding hydrogens is 254 g/mol. The van der Waals surface area contributed by atoms with Gasteiger partial charge in [0.1, 0.15) is 5.82 Å². The maximum absolute atomic E-state index is 12.0. The molecule has 0 aliphatic rings. The number of hydrogen-bond acceptors (Lipinski definition) is 4. The van der Waals surface area contributed by atoms with Gasteiger partial charge in [-0.25, -0.2) is 18.1 Å². The van der Waals surface area contributed by atoms with Gasteiger partial charge in [-0.1, -0.05) is 13.8 Å². The normalized spacial score (nSPS) is 13.4. The highest BCUT2D eigenvalue weighted by molar-refractivity contribution is 7.89. The van der Waals surface area contributed by atoms with Crippen LogP contribution in [-0.2, 0) is 16.4 Å². The number of imidazole rings is 1. The van der Waals surface area contributed by atoms with Gasteiger partial charge in [-0.05, 0) is 6.42 Å². The Morgan fingerprint density at radius 2 is 2.28 bits per heavy atom. The third kappa shape index (κ3) is 3.81. The quantitative estimate of drug-likeness (QED) is 0.422. The molecule has 1 heterocycles. The molecule has 1 aromatic heterocycles. The van der Waals surface area contributed by atoms with Crippen molar-refractivity contribution in [3.8, 4) is 0 Å². The number of H-pyrrole nitrogens is 1. The van der Waals surface area contributed by atoms with Crippen LogP contribution in [0.25, 0.3) is 0 Å². The van der Waals surface area contributed by atoms with E-state index in [9.17, 15) is 8.42 Å². The number of aromatic amines is 1. The Morgan fingerprint density at radius 1 is 1.61 bits per heavy atom. The summed E-state index contributed by atoms with van der Waals surface area (Å²) >= 11 is 0. The number of nitrogens with two attached hydrogens (primary N) is 1. The van der Waals surface area contributed by atoms with Gasteiger partial charge < -0.3 is 10.7 Å². The Bertz CT molecular complexity index is 508. The molecule has 0 bridgehead atoms. The SMILES string of the molecule is CCc1ncc(S(=O)(=O)NC(CC)CC(=N)N)[nH]1. The fourth-order valence-corrected chi connectivity index (χ4v) is 2.74. The van der Waals surface area contributed by atoms with Gasteiger partial charge in [0, 0.05) is 18.9 Å². The summed E-state index contributed by atoms with van der Waals surface area (Å²) in [6.45, 7) is 3.72. The van der Waals surface area contributed by atoms with E-state index in [1.165, 1.54) is 6.20 Å². The third-order valence-electron chi connectivity index (χ3n) is 2.51. The maximum atomic E-state index is 12.0. The third-order valence-corrected chi connectivity index (χ3v) is 3.94. The summed E-state index contributed by atoms with van der Waals surface area (Å²) in [5.74, 6) is 0.582. The maximum Gasteiger partial charge on any atom is 0.257 e. The molecule has 0 saturated carbocycles. The van der Waals surface area contributed by atoms with Crippen molar-refractivity contribution in [1.29, 1.82) is 5.41 Å². The molecule has 18 heavy (non-hydrogen) atoms. The van der Waals surface area contributed by atoms with Crippen molar-refractivity contribution in [2.75, 3.05) is 0 Å². The van der Waals surface area contributed by atoms with Gasteiger partial charge >= 0.3 is 0 Å². The van der Waals surface area contributed by atoms with Gasteiger partial charge in [0.2, 0.25) is 0 Å². The van der Waals surface area contributed by atoms with Crippen molar-refractivity contribution < 1.29 is 8.42 Å². The number of aryl methyl sites for hydroxylation is 1. The first-order chi connectivity index (χ1) is 8.39. The number of aromatic nitrogens is 2. The van der Waals surface area contributed by atoms with Crippen molar-refractivity contribution in [1.82, 2.24) is 14.7 Å². The van der Waals surface area contributed by atoms with Crippen molar-refractivity contribution in [3.05, 3.63) is 12.0 Å². The molecule has 0 radical (unpaired) electrons. The van der Waals surface area contributed by atoms with Gasteiger partial charge in [-0.15, -0.1) is 0 Å². The lowest BCUT2D eigenvalue weighted by Gasteiger charge is -2.15. The van der Waals surface area contributed by atoms with Gasteiger partial charge in [-0.3, -0.25) is 5.41 Å². The van der Waals surface area contributed by atoms with E-state index in [1.807, 2.05) is 13.8 Å². The largest absolute Gasteiger partial charge is 0.388 e. The van der Waals surface area contributed by atoms with Crippen LogP contribution in [0.1, 0.15) is 32.5 Å². The van der Waals surface area contributed by atoms with Crippen molar-refractivity contribution >= 4 is 15.9 Å². The molecule has 0 aliphatic heterocycles. The van der Waals surface area contributed by atoms with Crippen LogP contribution in [0.15, 0.2) is 11.2 Å². The van der Waals surface area contributed by atoms with E-state index < -0.39 is 10.0 Å². The minimum Gasteiger partial charge on any atom is -0.388 e. The summed E-state index contributed by atoms with van der Waals surface area (Å²) in [6, 6.07) is -0.374. The summed E-state index contributed by atoms with van der Waals surface area (Å²) < 4.78 is 26.5. The molecule has 0 amide bonds. The van der Waals surface area contributed by atoms with Crippen LogP contribution >= 0.6 is 0 Å². The molecule has 0 aromatic carbocycles. The van der Waals surface area contributed by atoms with Crippen LogP contribution in [0.4, 0.5) is 0 Å². The molecule has 0 saturated heterocycles. The van der Waals surface area contributed by atoms with Crippen LogP contribution in [0.3, 0.4) is 0 Å². The van der Waals surface area contributed by atoms with E-state index in [-0.39, 0.29) is 23.3 Å². The first-order valence-corrected chi connectivity index (χ1v) is 7.26. The highest BCUT2D eigenvalue weighted by atomic mass is 32.2. The zero-order chi connectivity index (χ0) is 13.8. The Morgan fingerprint density at radius 3 is 2.72 bits per heavy atom. The zero-order valence-corrected chi connectivity index (χ0v) is 11.3. The molecule has 0 spiro atoms. The molecule has 5 N–H and O–H groups in total. The van der Waals surface area contributed by atoms with Crippen molar-refractivity contribution in [3.63, 3.8) is 0 Å². The number of nitrogens with one attached hydrogen (secondary N) is 3. The summed E-state index contributed by atoms with van der Waals surface area (Å²) in [7, 11) is -3.63. The smallest absolute Gasteiger partial charge is 0.257 e. The number of sulfonamides is 1. The minimum atomic E-state index is -3.63. The molecule has 0 fully saturated rings. The summed E-state index contributed by atoms with van der Waals surface area (Å²) in [4.78, 5) is 6.69. The average Bonchev–Trinajstić information content (AvgIpc) is 2.76. The van der Waals surface area contributed by atoms with Crippen LogP contribution < -0.4 is 10.5 Å². The lowest BCUT2D eigenvalue weighted by atomic mass is 10.1. The number of hydrogen-bond donors (Lipinski definition) is 4. The van der Waals surface area contributed by atoms with Gasteiger partial charge in [0.25, 0.3) is 10.0 Å². The lowest BCUT2D eigenvalue weighted by Crippen LogP contribution is -2.37. The molecular formula is C10H19N5O2S. The van der Waals surface area contributed by atoms with Crippen LogP contribution in [0, 0.1) is 5.41 Å². The van der Waals surface area contributed by atoms with E-state index in [1.54, 1.807) is 0 Å². The Balaban J connectivity index is 2.83. The predicted octanol–water partition coefficient (Wildman–Crippen LogP) is 0.355. The predicted molar refractivity (Wildman–Crippen MR) is 68.9 cm³/mol. The van der Waals surface area contributed by atoms with Crippen LogP contribution in [-0.4, -0.2) is 30.3 Å². The highest BCUT2D eigenvalue weighted by Gasteiger charge is 2.21. The topological polar surface area (TPSA) is 125 Å². The fraction of sp³-hybridized carbons (Fsp3) is 0.600. The fourth-order valence-electron chi connectivity index (χ4n) is 1.48. The zero-order valence-electron chi connectivity index (χ0n) is 10.5. The van der Waals surface area contributed by atoms with E-state index >= 15 is 0 Å².